The Labute approximate surface area is 112 Å². The zero-order valence-corrected chi connectivity index (χ0v) is 12.1. The largest absolute Gasteiger partial charge is 0.493 e. The van der Waals surface area contributed by atoms with Gasteiger partial charge in [-0.05, 0) is 24.6 Å². The molecule has 3 heteroatoms. The van der Waals surface area contributed by atoms with E-state index in [4.69, 9.17) is 4.74 Å². The van der Waals surface area contributed by atoms with Gasteiger partial charge >= 0.3 is 0 Å². The summed E-state index contributed by atoms with van der Waals surface area (Å²) in [7, 11) is 0. The summed E-state index contributed by atoms with van der Waals surface area (Å²) >= 11 is 3.49. The Balaban J connectivity index is 2.69. The lowest BCUT2D eigenvalue weighted by Crippen LogP contribution is -2.22. The van der Waals surface area contributed by atoms with Crippen LogP contribution in [0.15, 0.2) is 35.3 Å². The monoisotopic (exact) mass is 297 g/mol. The molecule has 0 aliphatic carbocycles. The van der Waals surface area contributed by atoms with Crippen LogP contribution < -0.4 is 10.1 Å². The zero-order chi connectivity index (χ0) is 12.7. The molecular formula is C14H20BrNO. The van der Waals surface area contributed by atoms with Crippen molar-refractivity contribution in [1.29, 1.82) is 0 Å². The molecule has 1 aromatic carbocycles. The maximum Gasteiger partial charge on any atom is 0.123 e. The summed E-state index contributed by atoms with van der Waals surface area (Å²) in [6.07, 6.45) is 2.73. The first-order valence-electron chi connectivity index (χ1n) is 5.89. The van der Waals surface area contributed by atoms with Crippen LogP contribution in [-0.4, -0.2) is 12.6 Å². The third kappa shape index (κ3) is 5.37. The van der Waals surface area contributed by atoms with E-state index in [1.54, 1.807) is 0 Å². The van der Waals surface area contributed by atoms with Gasteiger partial charge in [0.2, 0.25) is 0 Å². The maximum atomic E-state index is 5.73. The average molecular weight is 298 g/mol. The molecule has 0 heterocycles. The van der Waals surface area contributed by atoms with E-state index in [-0.39, 0.29) is 0 Å². The van der Waals surface area contributed by atoms with Crippen molar-refractivity contribution in [2.24, 2.45) is 0 Å². The van der Waals surface area contributed by atoms with Crippen LogP contribution in [-0.2, 0) is 6.54 Å². The van der Waals surface area contributed by atoms with E-state index in [2.05, 4.69) is 47.7 Å². The van der Waals surface area contributed by atoms with Crippen molar-refractivity contribution >= 4 is 15.9 Å². The molecule has 0 unspecified atom stereocenters. The van der Waals surface area contributed by atoms with Gasteiger partial charge in [-0.1, -0.05) is 35.9 Å². The molecule has 17 heavy (non-hydrogen) atoms. The van der Waals surface area contributed by atoms with Crippen molar-refractivity contribution in [2.75, 3.05) is 6.61 Å². The van der Waals surface area contributed by atoms with E-state index < -0.39 is 0 Å². The van der Waals surface area contributed by atoms with Crippen molar-refractivity contribution in [2.45, 2.75) is 32.9 Å². The number of hydrogen-bond acceptors (Lipinski definition) is 2. The maximum absolute atomic E-state index is 5.73. The van der Waals surface area contributed by atoms with E-state index >= 15 is 0 Å². The van der Waals surface area contributed by atoms with E-state index in [1.807, 2.05) is 18.2 Å². The fraction of sp³-hybridized carbons (Fsp3) is 0.429. The number of nitrogens with one attached hydrogen (secondary N) is 1. The summed E-state index contributed by atoms with van der Waals surface area (Å²) in [5.74, 6) is 0.947. The molecule has 1 rings (SSSR count). The van der Waals surface area contributed by atoms with Crippen molar-refractivity contribution < 1.29 is 4.74 Å². The molecule has 0 bridgehead atoms. The zero-order valence-electron chi connectivity index (χ0n) is 10.5. The second-order valence-corrected chi connectivity index (χ2v) is 5.13. The summed E-state index contributed by atoms with van der Waals surface area (Å²) < 4.78 is 6.81. The van der Waals surface area contributed by atoms with Crippen LogP contribution in [0.2, 0.25) is 0 Å². The van der Waals surface area contributed by atoms with E-state index in [9.17, 15) is 0 Å². The van der Waals surface area contributed by atoms with Gasteiger partial charge in [-0.2, -0.15) is 0 Å². The number of rotatable bonds is 7. The Morgan fingerprint density at radius 2 is 2.24 bits per heavy atom. The van der Waals surface area contributed by atoms with Crippen LogP contribution in [0, 0.1) is 0 Å². The first-order valence-corrected chi connectivity index (χ1v) is 6.68. The minimum atomic E-state index is 0.468. The smallest absolute Gasteiger partial charge is 0.123 e. The van der Waals surface area contributed by atoms with Crippen LogP contribution in [0.4, 0.5) is 0 Å². The topological polar surface area (TPSA) is 21.3 Å². The molecule has 0 aromatic heterocycles. The molecule has 0 fully saturated rings. The first kappa shape index (κ1) is 14.3. The minimum Gasteiger partial charge on any atom is -0.493 e. The third-order valence-electron chi connectivity index (χ3n) is 2.30. The second kappa shape index (κ2) is 7.51. The number of ether oxygens (including phenoxy) is 1. The summed E-state index contributed by atoms with van der Waals surface area (Å²) in [6.45, 7) is 9.46. The Hall–Kier alpha value is -0.800. The molecule has 1 N–H and O–H groups in total. The van der Waals surface area contributed by atoms with Gasteiger partial charge in [-0.25, -0.2) is 0 Å². The molecule has 0 aliphatic heterocycles. The van der Waals surface area contributed by atoms with Crippen molar-refractivity contribution in [3.05, 3.63) is 40.9 Å². The lowest BCUT2D eigenvalue weighted by molar-refractivity contribution is 0.320. The summed E-state index contributed by atoms with van der Waals surface area (Å²) in [5, 5.41) is 3.40. The average Bonchev–Trinajstić information content (AvgIpc) is 2.29. The highest BCUT2D eigenvalue weighted by Gasteiger charge is 2.05. The van der Waals surface area contributed by atoms with Gasteiger partial charge in [0, 0.05) is 22.6 Å². The van der Waals surface area contributed by atoms with E-state index in [1.165, 1.54) is 5.56 Å². The molecular weight excluding hydrogens is 278 g/mol. The highest BCUT2D eigenvalue weighted by Crippen LogP contribution is 2.23. The Morgan fingerprint density at radius 1 is 1.47 bits per heavy atom. The van der Waals surface area contributed by atoms with Crippen molar-refractivity contribution in [1.82, 2.24) is 5.32 Å². The van der Waals surface area contributed by atoms with Crippen LogP contribution in [0.25, 0.3) is 0 Å². The highest BCUT2D eigenvalue weighted by atomic mass is 79.9. The number of hydrogen-bond donors (Lipinski definition) is 1. The fourth-order valence-electron chi connectivity index (χ4n) is 1.39. The van der Waals surface area contributed by atoms with Gasteiger partial charge in [-0.15, -0.1) is 6.58 Å². The lowest BCUT2D eigenvalue weighted by atomic mass is 10.2. The molecule has 0 saturated carbocycles. The predicted molar refractivity (Wildman–Crippen MR) is 76.4 cm³/mol. The summed E-state index contributed by atoms with van der Waals surface area (Å²) in [6, 6.07) is 6.57. The Morgan fingerprint density at radius 3 is 2.88 bits per heavy atom. The summed E-state index contributed by atoms with van der Waals surface area (Å²) in [4.78, 5) is 0. The molecule has 1 aromatic rings. The molecule has 2 nitrogen and oxygen atoms in total. The van der Waals surface area contributed by atoms with Gasteiger partial charge < -0.3 is 10.1 Å². The number of benzene rings is 1. The van der Waals surface area contributed by atoms with Gasteiger partial charge in [0.05, 0.1) is 6.61 Å². The first-order chi connectivity index (χ1) is 8.13. The molecule has 0 saturated heterocycles. The third-order valence-corrected chi connectivity index (χ3v) is 2.80. The van der Waals surface area contributed by atoms with E-state index in [0.29, 0.717) is 12.6 Å². The Bertz CT molecular complexity index is 363. The highest BCUT2D eigenvalue weighted by molar-refractivity contribution is 9.10. The normalized spacial score (nSPS) is 10.6. The van der Waals surface area contributed by atoms with Crippen LogP contribution in [0.3, 0.4) is 0 Å². The van der Waals surface area contributed by atoms with Crippen LogP contribution in [0.5, 0.6) is 5.75 Å². The molecule has 0 radical (unpaired) electrons. The second-order valence-electron chi connectivity index (χ2n) is 4.21. The van der Waals surface area contributed by atoms with Crippen LogP contribution >= 0.6 is 15.9 Å². The standard InChI is InChI=1S/C14H20BrNO/c1-4-5-8-17-14-7-6-13(15)9-12(14)10-16-11(2)3/h4,6-7,9,11,16H,1,5,8,10H2,2-3H3. The van der Waals surface area contributed by atoms with Gasteiger partial charge in [0.1, 0.15) is 5.75 Å². The fourth-order valence-corrected chi connectivity index (χ4v) is 1.80. The minimum absolute atomic E-state index is 0.468. The van der Waals surface area contributed by atoms with Crippen molar-refractivity contribution in [3.8, 4) is 5.75 Å². The lowest BCUT2D eigenvalue weighted by Gasteiger charge is -2.13. The molecule has 0 spiro atoms. The number of halogens is 1. The molecule has 0 atom stereocenters. The SMILES string of the molecule is C=CCCOc1ccc(Br)cc1CNC(C)C. The molecule has 0 aliphatic rings. The van der Waals surface area contributed by atoms with Gasteiger partial charge in [0.25, 0.3) is 0 Å². The van der Waals surface area contributed by atoms with Gasteiger partial charge in [-0.3, -0.25) is 0 Å². The predicted octanol–water partition coefficient (Wildman–Crippen LogP) is 3.90. The molecule has 0 amide bonds. The van der Waals surface area contributed by atoms with Gasteiger partial charge in [0.15, 0.2) is 0 Å². The molecule has 94 valence electrons. The van der Waals surface area contributed by atoms with Crippen molar-refractivity contribution in [3.63, 3.8) is 0 Å². The van der Waals surface area contributed by atoms with E-state index in [0.717, 1.165) is 23.2 Å². The van der Waals surface area contributed by atoms with Crippen LogP contribution in [0.1, 0.15) is 25.8 Å². The quantitative estimate of drug-likeness (QED) is 0.609. The Kier molecular flexibility index (Phi) is 6.30. The summed E-state index contributed by atoms with van der Waals surface area (Å²) in [5.41, 5.74) is 1.18.